The third-order valence-electron chi connectivity index (χ3n) is 3.18. The minimum absolute atomic E-state index is 0.0657. The van der Waals surface area contributed by atoms with Crippen molar-refractivity contribution < 1.29 is 13.6 Å². The molecule has 0 aromatic heterocycles. The fourth-order valence-electron chi connectivity index (χ4n) is 2.06. The van der Waals surface area contributed by atoms with Gasteiger partial charge in [0.1, 0.15) is 17.3 Å². The average Bonchev–Trinajstić information content (AvgIpc) is 2.38. The van der Waals surface area contributed by atoms with Gasteiger partial charge in [0.2, 0.25) is 5.91 Å². The summed E-state index contributed by atoms with van der Waals surface area (Å²) in [6, 6.07) is 2.38. The molecule has 0 saturated carbocycles. The van der Waals surface area contributed by atoms with Gasteiger partial charge in [-0.1, -0.05) is 0 Å². The van der Waals surface area contributed by atoms with Crippen LogP contribution in [0.15, 0.2) is 12.1 Å². The normalized spacial score (nSPS) is 10.5. The predicted octanol–water partition coefficient (Wildman–Crippen LogP) is 1.73. The van der Waals surface area contributed by atoms with Gasteiger partial charge in [-0.25, -0.2) is 8.78 Å². The van der Waals surface area contributed by atoms with Gasteiger partial charge in [-0.2, -0.15) is 0 Å². The quantitative estimate of drug-likeness (QED) is 0.866. The Morgan fingerprint density at radius 1 is 1.20 bits per heavy atom. The van der Waals surface area contributed by atoms with Crippen molar-refractivity contribution in [3.8, 4) is 0 Å². The molecule has 0 saturated heterocycles. The molecule has 0 aliphatic rings. The predicted molar refractivity (Wildman–Crippen MR) is 75.4 cm³/mol. The van der Waals surface area contributed by atoms with Crippen LogP contribution in [0.5, 0.6) is 0 Å². The van der Waals surface area contributed by atoms with Gasteiger partial charge in [-0.15, -0.1) is 0 Å². The summed E-state index contributed by atoms with van der Waals surface area (Å²) in [4.78, 5) is 14.8. The maximum atomic E-state index is 13.9. The van der Waals surface area contributed by atoms with Crippen molar-refractivity contribution >= 4 is 11.6 Å². The van der Waals surface area contributed by atoms with E-state index in [0.29, 0.717) is 18.7 Å². The van der Waals surface area contributed by atoms with Gasteiger partial charge in [0.05, 0.1) is 6.54 Å². The van der Waals surface area contributed by atoms with Gasteiger partial charge in [-0.3, -0.25) is 4.79 Å². The molecule has 20 heavy (non-hydrogen) atoms. The Kier molecular flexibility index (Phi) is 5.88. The molecule has 1 aromatic carbocycles. The van der Waals surface area contributed by atoms with Crippen LogP contribution in [0.1, 0.15) is 19.4 Å². The fourth-order valence-corrected chi connectivity index (χ4v) is 2.06. The first-order valence-electron chi connectivity index (χ1n) is 6.61. The Morgan fingerprint density at radius 3 is 2.10 bits per heavy atom. The third kappa shape index (κ3) is 3.66. The summed E-state index contributed by atoms with van der Waals surface area (Å²) in [6.07, 6.45) is 0. The summed E-state index contributed by atoms with van der Waals surface area (Å²) in [6.45, 7) is 4.85. The lowest BCUT2D eigenvalue weighted by Gasteiger charge is -2.25. The van der Waals surface area contributed by atoms with Crippen molar-refractivity contribution in [2.45, 2.75) is 20.4 Å². The van der Waals surface area contributed by atoms with E-state index in [1.54, 1.807) is 4.90 Å². The monoisotopic (exact) mass is 285 g/mol. The molecule has 0 heterocycles. The molecule has 1 amide bonds. The molecule has 0 bridgehead atoms. The summed E-state index contributed by atoms with van der Waals surface area (Å²) in [5.74, 6) is -1.58. The standard InChI is InChI=1S/C14H21F2N3O/c1-4-19(5-2)13(20)9-18(3)14-11(15)6-10(8-17)7-12(14)16/h6-7H,4-5,8-9,17H2,1-3H3. The highest BCUT2D eigenvalue weighted by Crippen LogP contribution is 2.24. The zero-order chi connectivity index (χ0) is 15.3. The SMILES string of the molecule is CCN(CC)C(=O)CN(C)c1c(F)cc(CN)cc1F. The number of carbonyl (C=O) groups is 1. The number of hydrogen-bond donors (Lipinski definition) is 1. The van der Waals surface area contributed by atoms with Crippen LogP contribution in [0.2, 0.25) is 0 Å². The van der Waals surface area contributed by atoms with Gasteiger partial charge in [0.25, 0.3) is 0 Å². The number of anilines is 1. The second kappa shape index (κ2) is 7.19. The molecular weight excluding hydrogens is 264 g/mol. The van der Waals surface area contributed by atoms with E-state index in [-0.39, 0.29) is 24.7 Å². The van der Waals surface area contributed by atoms with E-state index in [9.17, 15) is 13.6 Å². The average molecular weight is 285 g/mol. The molecule has 0 unspecified atom stereocenters. The second-order valence-corrected chi connectivity index (χ2v) is 4.53. The van der Waals surface area contributed by atoms with Crippen molar-refractivity contribution in [1.82, 2.24) is 4.90 Å². The van der Waals surface area contributed by atoms with Gasteiger partial charge in [0, 0.05) is 26.7 Å². The highest BCUT2D eigenvalue weighted by Gasteiger charge is 2.19. The summed E-state index contributed by atoms with van der Waals surface area (Å²) in [5, 5.41) is 0. The van der Waals surface area contributed by atoms with Gasteiger partial charge in [-0.05, 0) is 31.5 Å². The maximum Gasteiger partial charge on any atom is 0.242 e. The van der Waals surface area contributed by atoms with E-state index in [0.717, 1.165) is 0 Å². The van der Waals surface area contributed by atoms with Crippen LogP contribution in [0, 0.1) is 11.6 Å². The number of halogens is 2. The molecule has 0 aliphatic carbocycles. The molecule has 1 rings (SSSR count). The van der Waals surface area contributed by atoms with Crippen molar-refractivity contribution in [3.05, 3.63) is 29.3 Å². The lowest BCUT2D eigenvalue weighted by Crippen LogP contribution is -2.39. The minimum atomic E-state index is -0.708. The Labute approximate surface area is 118 Å². The summed E-state index contributed by atoms with van der Waals surface area (Å²) < 4.78 is 27.8. The highest BCUT2D eigenvalue weighted by atomic mass is 19.1. The van der Waals surface area contributed by atoms with Gasteiger partial charge >= 0.3 is 0 Å². The van der Waals surface area contributed by atoms with E-state index in [1.807, 2.05) is 13.8 Å². The molecule has 0 aliphatic heterocycles. The van der Waals surface area contributed by atoms with Crippen molar-refractivity contribution in [3.63, 3.8) is 0 Å². The van der Waals surface area contributed by atoms with Gasteiger partial charge in [0.15, 0.2) is 0 Å². The van der Waals surface area contributed by atoms with E-state index in [2.05, 4.69) is 0 Å². The number of benzene rings is 1. The Morgan fingerprint density at radius 2 is 1.70 bits per heavy atom. The van der Waals surface area contributed by atoms with Crippen LogP contribution in [-0.4, -0.2) is 37.5 Å². The molecule has 1 aromatic rings. The molecular formula is C14H21F2N3O. The fraction of sp³-hybridized carbons (Fsp3) is 0.500. The van der Waals surface area contributed by atoms with Crippen LogP contribution in [-0.2, 0) is 11.3 Å². The third-order valence-corrected chi connectivity index (χ3v) is 3.18. The molecule has 6 heteroatoms. The number of rotatable bonds is 6. The highest BCUT2D eigenvalue weighted by molar-refractivity contribution is 5.81. The maximum absolute atomic E-state index is 13.9. The minimum Gasteiger partial charge on any atom is -0.361 e. The van der Waals surface area contributed by atoms with Crippen LogP contribution in [0.25, 0.3) is 0 Å². The van der Waals surface area contributed by atoms with E-state index in [1.165, 1.54) is 24.1 Å². The largest absolute Gasteiger partial charge is 0.361 e. The van der Waals surface area contributed by atoms with Crippen LogP contribution < -0.4 is 10.6 Å². The first kappa shape index (κ1) is 16.4. The van der Waals surface area contributed by atoms with Crippen molar-refractivity contribution in [1.29, 1.82) is 0 Å². The first-order chi connectivity index (χ1) is 9.44. The van der Waals surface area contributed by atoms with Crippen molar-refractivity contribution in [2.24, 2.45) is 5.73 Å². The van der Waals surface area contributed by atoms with Crippen LogP contribution in [0.3, 0.4) is 0 Å². The molecule has 0 radical (unpaired) electrons. The molecule has 0 spiro atoms. The topological polar surface area (TPSA) is 49.6 Å². The van der Waals surface area contributed by atoms with Crippen molar-refractivity contribution in [2.75, 3.05) is 31.6 Å². The zero-order valence-electron chi connectivity index (χ0n) is 12.1. The van der Waals surface area contributed by atoms with E-state index in [4.69, 9.17) is 5.73 Å². The number of nitrogens with zero attached hydrogens (tertiary/aromatic N) is 2. The van der Waals surface area contributed by atoms with Crippen LogP contribution in [0.4, 0.5) is 14.5 Å². The van der Waals surface area contributed by atoms with Crippen LogP contribution >= 0.6 is 0 Å². The summed E-state index contributed by atoms with van der Waals surface area (Å²) in [7, 11) is 1.49. The summed E-state index contributed by atoms with van der Waals surface area (Å²) >= 11 is 0. The molecule has 0 fully saturated rings. The smallest absolute Gasteiger partial charge is 0.242 e. The number of nitrogens with two attached hydrogens (primary N) is 1. The number of likely N-dealkylation sites (N-methyl/N-ethyl adjacent to an activating group) is 2. The molecule has 4 nitrogen and oxygen atoms in total. The zero-order valence-corrected chi connectivity index (χ0v) is 12.1. The first-order valence-corrected chi connectivity index (χ1v) is 6.61. The van der Waals surface area contributed by atoms with Gasteiger partial charge < -0.3 is 15.5 Å². The Hall–Kier alpha value is -1.69. The summed E-state index contributed by atoms with van der Waals surface area (Å²) in [5.41, 5.74) is 5.54. The lowest BCUT2D eigenvalue weighted by atomic mass is 10.1. The number of carbonyl (C=O) groups excluding carboxylic acids is 1. The van der Waals surface area contributed by atoms with E-state index >= 15 is 0 Å². The Bertz CT molecular complexity index is 452. The lowest BCUT2D eigenvalue weighted by molar-refractivity contribution is -0.129. The Balaban J connectivity index is 2.93. The molecule has 112 valence electrons. The van der Waals surface area contributed by atoms with E-state index < -0.39 is 11.6 Å². The number of amides is 1. The molecule has 2 N–H and O–H groups in total. The molecule has 0 atom stereocenters. The second-order valence-electron chi connectivity index (χ2n) is 4.53. The number of hydrogen-bond acceptors (Lipinski definition) is 3.